The zero-order valence-electron chi connectivity index (χ0n) is 8.08. The highest BCUT2D eigenvalue weighted by atomic mass is 28.3. The van der Waals surface area contributed by atoms with Crippen molar-refractivity contribution in [2.45, 2.75) is 19.4 Å². The zero-order valence-corrected chi connectivity index (χ0v) is 11.2. The van der Waals surface area contributed by atoms with Crippen molar-refractivity contribution < 1.29 is 18.4 Å². The lowest BCUT2D eigenvalue weighted by atomic mass is 10.4. The molecule has 1 unspecified atom stereocenters. The number of carbonyl (C=O) groups is 1. The summed E-state index contributed by atoms with van der Waals surface area (Å²) in [5.41, 5.74) is 0.400. The van der Waals surface area contributed by atoms with Crippen molar-refractivity contribution in [3.05, 3.63) is 12.2 Å². The molecule has 76 valence electrons. The van der Waals surface area contributed by atoms with Gasteiger partial charge in [-0.25, -0.2) is 4.79 Å². The predicted molar refractivity (Wildman–Crippen MR) is 55.6 cm³/mol. The van der Waals surface area contributed by atoms with E-state index in [1.807, 2.05) is 0 Å². The van der Waals surface area contributed by atoms with Crippen LogP contribution in [0.1, 0.15) is 13.3 Å². The second-order valence-electron chi connectivity index (χ2n) is 2.75. The first-order valence-electron chi connectivity index (χ1n) is 4.11. The third-order valence-corrected chi connectivity index (χ3v) is 4.53. The lowest BCUT2D eigenvalue weighted by Gasteiger charge is -2.06. The molecule has 0 fully saturated rings. The summed E-state index contributed by atoms with van der Waals surface area (Å²) in [4.78, 5) is 20.0. The van der Waals surface area contributed by atoms with Gasteiger partial charge in [-0.05, 0) is 19.4 Å². The van der Waals surface area contributed by atoms with Gasteiger partial charge in [0.1, 0.15) is 10.5 Å². The minimum atomic E-state index is -1.92. The number of ether oxygens (including phenoxy) is 1. The summed E-state index contributed by atoms with van der Waals surface area (Å²) in [7, 11) is -1.35. The maximum Gasteiger partial charge on any atom is 0.333 e. The van der Waals surface area contributed by atoms with Gasteiger partial charge >= 0.3 is 15.3 Å². The summed E-state index contributed by atoms with van der Waals surface area (Å²) < 4.78 is 9.71. The monoisotopic (exact) mass is 220 g/mol. The lowest BCUT2D eigenvalue weighted by Crippen LogP contribution is -2.17. The molecule has 1 N–H and O–H groups in total. The van der Waals surface area contributed by atoms with E-state index in [0.29, 0.717) is 35.1 Å². The van der Waals surface area contributed by atoms with Crippen LogP contribution in [0.2, 0.25) is 6.04 Å². The third-order valence-electron chi connectivity index (χ3n) is 1.45. The number of carbonyl (C=O) groups excluding carboxylic acids is 1. The molecule has 0 saturated carbocycles. The maximum atomic E-state index is 10.9. The van der Waals surface area contributed by atoms with Crippen molar-refractivity contribution in [3.63, 3.8) is 0 Å². The number of hydrogen-bond donors (Lipinski definition) is 1. The molecule has 0 bridgehead atoms. The van der Waals surface area contributed by atoms with Crippen molar-refractivity contribution in [3.8, 4) is 0 Å². The maximum absolute atomic E-state index is 10.9. The van der Waals surface area contributed by atoms with Crippen LogP contribution < -0.4 is 0 Å². The first kappa shape index (κ1) is 12.6. The summed E-state index contributed by atoms with van der Waals surface area (Å²) in [6.45, 7) is 5.39. The Bertz CT molecular complexity index is 183. The molecule has 0 radical (unpaired) electrons. The van der Waals surface area contributed by atoms with Crippen LogP contribution in [-0.4, -0.2) is 37.1 Å². The van der Waals surface area contributed by atoms with Crippen LogP contribution >= 0.6 is 0 Å². The van der Waals surface area contributed by atoms with E-state index in [2.05, 4.69) is 6.58 Å². The van der Waals surface area contributed by atoms with Gasteiger partial charge in [0.15, 0.2) is 0 Å². The van der Waals surface area contributed by atoms with E-state index in [-0.39, 0.29) is 5.97 Å². The molecule has 0 aromatic carbocycles. The van der Waals surface area contributed by atoms with E-state index in [1.54, 1.807) is 6.92 Å². The van der Waals surface area contributed by atoms with Gasteiger partial charge in [-0.15, -0.1) is 0 Å². The Labute approximate surface area is 82.9 Å². The molecule has 4 nitrogen and oxygen atoms in total. The van der Waals surface area contributed by atoms with Crippen molar-refractivity contribution in [1.29, 1.82) is 0 Å². The molecule has 0 aliphatic carbocycles. The fourth-order valence-corrected chi connectivity index (χ4v) is 2.12. The van der Waals surface area contributed by atoms with Crippen molar-refractivity contribution in [1.82, 2.24) is 0 Å². The van der Waals surface area contributed by atoms with E-state index >= 15 is 0 Å². The molecule has 0 aromatic rings. The second-order valence-corrected chi connectivity index (χ2v) is 6.12. The Balaban J connectivity index is 3.36. The van der Waals surface area contributed by atoms with Crippen LogP contribution in [0.3, 0.4) is 0 Å². The Kier molecular flexibility index (Phi) is 6.78. The molecule has 0 aromatic heterocycles. The highest BCUT2D eigenvalue weighted by Crippen LogP contribution is 1.98. The van der Waals surface area contributed by atoms with Gasteiger partial charge in [0, 0.05) is 5.57 Å². The molecular formula is C7H16O4Si2. The molecule has 1 atom stereocenters. The molecule has 6 heteroatoms. The van der Waals surface area contributed by atoms with E-state index in [1.165, 1.54) is 0 Å². The highest BCUT2D eigenvalue weighted by molar-refractivity contribution is 6.47. The highest BCUT2D eigenvalue weighted by Gasteiger charge is 2.06. The quantitative estimate of drug-likeness (QED) is 0.270. The van der Waals surface area contributed by atoms with Crippen LogP contribution in [0.5, 0.6) is 0 Å². The predicted octanol–water partition coefficient (Wildman–Crippen LogP) is -0.994. The summed E-state index contributed by atoms with van der Waals surface area (Å²) in [5.74, 6) is -0.372. The van der Waals surface area contributed by atoms with Gasteiger partial charge in [-0.3, -0.25) is 0 Å². The molecular weight excluding hydrogens is 204 g/mol. The van der Waals surface area contributed by atoms with Crippen LogP contribution in [0.25, 0.3) is 0 Å². The van der Waals surface area contributed by atoms with Gasteiger partial charge in [0.2, 0.25) is 0 Å². The average Bonchev–Trinajstić information content (AvgIpc) is 2.11. The van der Waals surface area contributed by atoms with E-state index in [9.17, 15) is 4.79 Å². The first-order chi connectivity index (χ1) is 6.07. The largest absolute Gasteiger partial charge is 0.462 e. The van der Waals surface area contributed by atoms with Gasteiger partial charge < -0.3 is 13.6 Å². The Morgan fingerprint density at radius 1 is 1.69 bits per heavy atom. The van der Waals surface area contributed by atoms with E-state index < -0.39 is 9.28 Å². The molecule has 13 heavy (non-hydrogen) atoms. The SMILES string of the molecule is C=C(C)C(=O)OCCC[SiH](O)O[SiH3]. The minimum absolute atomic E-state index is 0.334. The van der Waals surface area contributed by atoms with Gasteiger partial charge in [0.25, 0.3) is 0 Å². The lowest BCUT2D eigenvalue weighted by molar-refractivity contribution is -0.138. The summed E-state index contributed by atoms with van der Waals surface area (Å²) in [5, 5.41) is 0. The normalized spacial score (nSPS) is 12.5. The molecule has 0 saturated heterocycles. The zero-order chi connectivity index (χ0) is 10.3. The van der Waals surface area contributed by atoms with Crippen molar-refractivity contribution in [2.75, 3.05) is 6.61 Å². The fourth-order valence-electron chi connectivity index (χ4n) is 0.664. The van der Waals surface area contributed by atoms with Crippen molar-refractivity contribution >= 4 is 25.7 Å². The average molecular weight is 220 g/mol. The van der Waals surface area contributed by atoms with Gasteiger partial charge in [-0.2, -0.15) is 0 Å². The first-order valence-corrected chi connectivity index (χ1v) is 6.73. The van der Waals surface area contributed by atoms with E-state index in [4.69, 9.17) is 13.6 Å². The van der Waals surface area contributed by atoms with Gasteiger partial charge in [-0.1, -0.05) is 6.58 Å². The number of esters is 1. The third kappa shape index (κ3) is 6.70. The van der Waals surface area contributed by atoms with Crippen LogP contribution in [0.15, 0.2) is 12.2 Å². The standard InChI is InChI=1S/C7H16O4Si2/c1-6(2)7(8)10-4-3-5-13(9)11-12/h9,13H,1,3-5H2,2,12H3. The molecule has 0 aliphatic heterocycles. The molecule has 0 spiro atoms. The van der Waals surface area contributed by atoms with Crippen LogP contribution in [-0.2, 0) is 13.6 Å². The van der Waals surface area contributed by atoms with Gasteiger partial charge in [0.05, 0.1) is 6.61 Å². The van der Waals surface area contributed by atoms with Crippen LogP contribution in [0.4, 0.5) is 0 Å². The molecule has 0 heterocycles. The number of hydrogen-bond acceptors (Lipinski definition) is 4. The topological polar surface area (TPSA) is 55.8 Å². The number of rotatable bonds is 6. The molecule has 0 rings (SSSR count). The van der Waals surface area contributed by atoms with E-state index in [0.717, 1.165) is 0 Å². The molecule has 0 aliphatic rings. The smallest absolute Gasteiger partial charge is 0.333 e. The summed E-state index contributed by atoms with van der Waals surface area (Å²) in [6, 6.07) is 0.632. The Morgan fingerprint density at radius 2 is 2.31 bits per heavy atom. The Hall–Kier alpha value is -0.436. The summed E-state index contributed by atoms with van der Waals surface area (Å²) >= 11 is 0. The fraction of sp³-hybridized carbons (Fsp3) is 0.571. The van der Waals surface area contributed by atoms with Crippen LogP contribution in [0, 0.1) is 0 Å². The molecule has 0 amide bonds. The van der Waals surface area contributed by atoms with Crippen molar-refractivity contribution in [2.24, 2.45) is 0 Å². The minimum Gasteiger partial charge on any atom is -0.462 e. The second kappa shape index (κ2) is 7.01. The Morgan fingerprint density at radius 3 is 2.77 bits per heavy atom. The summed E-state index contributed by atoms with van der Waals surface area (Å²) in [6.07, 6.45) is 0.661.